The first-order valence-corrected chi connectivity index (χ1v) is 8.44. The van der Waals surface area contributed by atoms with Crippen molar-refractivity contribution < 1.29 is 19.4 Å². The van der Waals surface area contributed by atoms with E-state index in [1.807, 2.05) is 0 Å². The Hall–Kier alpha value is -2.59. The van der Waals surface area contributed by atoms with Crippen LogP contribution >= 0.6 is 0 Å². The van der Waals surface area contributed by atoms with Gasteiger partial charge in [0.25, 0.3) is 0 Å². The van der Waals surface area contributed by atoms with Crippen LogP contribution in [0.15, 0.2) is 24.3 Å². The zero-order chi connectivity index (χ0) is 17.9. The lowest BCUT2D eigenvalue weighted by Crippen LogP contribution is -2.47. The molecule has 132 valence electrons. The molecule has 7 nitrogen and oxygen atoms in total. The average Bonchev–Trinajstić information content (AvgIpc) is 2.93. The number of benzene rings is 1. The zero-order valence-corrected chi connectivity index (χ0v) is 14.0. The third kappa shape index (κ3) is 3.91. The van der Waals surface area contributed by atoms with Crippen molar-refractivity contribution in [1.82, 2.24) is 4.90 Å². The predicted molar refractivity (Wildman–Crippen MR) is 91.8 cm³/mol. The highest BCUT2D eigenvalue weighted by molar-refractivity contribution is 5.90. The summed E-state index contributed by atoms with van der Waals surface area (Å²) in [5, 5.41) is 8.71. The van der Waals surface area contributed by atoms with E-state index in [9.17, 15) is 9.59 Å². The van der Waals surface area contributed by atoms with Crippen LogP contribution in [-0.4, -0.2) is 53.8 Å². The van der Waals surface area contributed by atoms with Crippen LogP contribution in [-0.2, 0) is 9.53 Å². The highest BCUT2D eigenvalue weighted by Crippen LogP contribution is 2.36. The molecule has 2 saturated heterocycles. The topological polar surface area (TPSA) is 74.4 Å². The molecule has 0 unspecified atom stereocenters. The minimum Gasteiger partial charge on any atom is -0.481 e. The van der Waals surface area contributed by atoms with Crippen LogP contribution in [0, 0.1) is 6.57 Å². The summed E-state index contributed by atoms with van der Waals surface area (Å²) in [6, 6.07) is 6.95. The highest BCUT2D eigenvalue weighted by Gasteiger charge is 2.47. The van der Waals surface area contributed by atoms with Crippen molar-refractivity contribution in [2.75, 3.05) is 31.1 Å². The first-order chi connectivity index (χ1) is 12.0. The number of carbonyl (C=O) groups excluding carboxylic acids is 1. The molecule has 2 aliphatic rings. The Morgan fingerprint density at radius 3 is 2.56 bits per heavy atom. The molecule has 0 bridgehead atoms. The van der Waals surface area contributed by atoms with Gasteiger partial charge in [0, 0.05) is 38.0 Å². The standard InChI is InChI=1S/C18H21N3O4/c1-19-14-4-6-15(7-5-14)21-13-18(25-17(21)24)8-11-20(12-9-18)10-2-3-16(22)23/h4-7H,2-3,8-13H2,(H,22,23). The summed E-state index contributed by atoms with van der Waals surface area (Å²) < 4.78 is 5.71. The van der Waals surface area contributed by atoms with Crippen LogP contribution < -0.4 is 4.90 Å². The van der Waals surface area contributed by atoms with E-state index in [2.05, 4.69) is 9.74 Å². The number of ether oxygens (including phenoxy) is 1. The number of amides is 1. The Bertz CT molecular complexity index is 687. The van der Waals surface area contributed by atoms with Crippen molar-refractivity contribution in [3.05, 3.63) is 35.7 Å². The number of carboxylic acids is 1. The first-order valence-electron chi connectivity index (χ1n) is 8.44. The van der Waals surface area contributed by atoms with Crippen LogP contribution in [0.3, 0.4) is 0 Å². The van der Waals surface area contributed by atoms with Gasteiger partial charge in [-0.15, -0.1) is 0 Å². The molecule has 1 aromatic rings. The van der Waals surface area contributed by atoms with Crippen molar-refractivity contribution in [2.24, 2.45) is 0 Å². The molecule has 25 heavy (non-hydrogen) atoms. The van der Waals surface area contributed by atoms with Crippen molar-refractivity contribution >= 4 is 23.4 Å². The van der Waals surface area contributed by atoms with E-state index >= 15 is 0 Å². The van der Waals surface area contributed by atoms with E-state index in [0.29, 0.717) is 18.7 Å². The molecule has 2 aliphatic heterocycles. The molecule has 1 aromatic carbocycles. The molecule has 0 aromatic heterocycles. The molecule has 0 atom stereocenters. The number of piperidine rings is 1. The van der Waals surface area contributed by atoms with Gasteiger partial charge < -0.3 is 14.7 Å². The Labute approximate surface area is 146 Å². The second-order valence-electron chi connectivity index (χ2n) is 6.60. The summed E-state index contributed by atoms with van der Waals surface area (Å²) in [4.78, 5) is 30.1. The Balaban J connectivity index is 1.57. The molecular formula is C18H21N3O4. The van der Waals surface area contributed by atoms with Gasteiger partial charge >= 0.3 is 12.1 Å². The van der Waals surface area contributed by atoms with Crippen LogP contribution in [0.2, 0.25) is 0 Å². The summed E-state index contributed by atoms with van der Waals surface area (Å²) in [5.41, 5.74) is 0.831. The van der Waals surface area contributed by atoms with E-state index in [0.717, 1.165) is 38.2 Å². The largest absolute Gasteiger partial charge is 0.481 e. The monoisotopic (exact) mass is 343 g/mol. The molecule has 2 fully saturated rings. The second kappa shape index (κ2) is 7.11. The van der Waals surface area contributed by atoms with Crippen LogP contribution in [0.4, 0.5) is 16.2 Å². The lowest BCUT2D eigenvalue weighted by Gasteiger charge is -2.37. The van der Waals surface area contributed by atoms with E-state index in [-0.39, 0.29) is 12.5 Å². The summed E-state index contributed by atoms with van der Waals surface area (Å²) in [5.74, 6) is -0.766. The Morgan fingerprint density at radius 2 is 1.96 bits per heavy atom. The smallest absolute Gasteiger partial charge is 0.415 e. The fourth-order valence-electron chi connectivity index (χ4n) is 3.43. The molecule has 1 N–H and O–H groups in total. The number of carboxylic acid groups (broad SMARTS) is 1. The van der Waals surface area contributed by atoms with Gasteiger partial charge in [0.2, 0.25) is 0 Å². The summed E-state index contributed by atoms with van der Waals surface area (Å²) in [7, 11) is 0. The van der Waals surface area contributed by atoms with Gasteiger partial charge in [0.15, 0.2) is 5.69 Å². The van der Waals surface area contributed by atoms with Crippen molar-refractivity contribution in [3.63, 3.8) is 0 Å². The zero-order valence-electron chi connectivity index (χ0n) is 14.0. The number of carbonyl (C=O) groups is 2. The van der Waals surface area contributed by atoms with E-state index in [1.54, 1.807) is 29.2 Å². The third-order valence-corrected chi connectivity index (χ3v) is 4.89. The van der Waals surface area contributed by atoms with Gasteiger partial charge in [-0.2, -0.15) is 0 Å². The van der Waals surface area contributed by atoms with E-state index in [1.165, 1.54) is 0 Å². The number of nitrogens with zero attached hydrogens (tertiary/aromatic N) is 3. The number of aliphatic carboxylic acids is 1. The van der Waals surface area contributed by atoms with Crippen LogP contribution in [0.25, 0.3) is 4.85 Å². The molecular weight excluding hydrogens is 322 g/mol. The van der Waals surface area contributed by atoms with Gasteiger partial charge in [-0.3, -0.25) is 9.69 Å². The number of rotatable bonds is 5. The predicted octanol–water partition coefficient (Wildman–Crippen LogP) is 2.89. The molecule has 3 rings (SSSR count). The molecule has 0 radical (unpaired) electrons. The maximum absolute atomic E-state index is 12.3. The molecule has 1 spiro atoms. The quantitative estimate of drug-likeness (QED) is 0.832. The highest BCUT2D eigenvalue weighted by atomic mass is 16.6. The second-order valence-corrected chi connectivity index (χ2v) is 6.60. The minimum absolute atomic E-state index is 0.186. The summed E-state index contributed by atoms with van der Waals surface area (Å²) in [6.45, 7) is 9.88. The van der Waals surface area contributed by atoms with Gasteiger partial charge in [0.05, 0.1) is 13.1 Å². The lowest BCUT2D eigenvalue weighted by molar-refractivity contribution is -0.137. The molecule has 0 aliphatic carbocycles. The summed E-state index contributed by atoms with van der Waals surface area (Å²) >= 11 is 0. The summed E-state index contributed by atoms with van der Waals surface area (Å²) in [6.07, 6.45) is 1.99. The van der Waals surface area contributed by atoms with Gasteiger partial charge in [-0.25, -0.2) is 9.64 Å². The SMILES string of the molecule is [C-]#[N+]c1ccc(N2CC3(CCN(CCCC(=O)O)CC3)OC2=O)cc1. The maximum Gasteiger partial charge on any atom is 0.415 e. The fourth-order valence-corrected chi connectivity index (χ4v) is 3.43. The van der Waals surface area contributed by atoms with Crippen molar-refractivity contribution in [1.29, 1.82) is 0 Å². The van der Waals surface area contributed by atoms with E-state index < -0.39 is 11.6 Å². The molecule has 0 saturated carbocycles. The van der Waals surface area contributed by atoms with Gasteiger partial charge in [-0.05, 0) is 25.1 Å². The molecule has 1 amide bonds. The van der Waals surface area contributed by atoms with Gasteiger partial charge in [0.1, 0.15) is 5.60 Å². The molecule has 2 heterocycles. The normalized spacial score (nSPS) is 19.6. The van der Waals surface area contributed by atoms with Crippen molar-refractivity contribution in [2.45, 2.75) is 31.3 Å². The Morgan fingerprint density at radius 1 is 1.28 bits per heavy atom. The number of hydrogen-bond donors (Lipinski definition) is 1. The number of anilines is 1. The Kier molecular flexibility index (Phi) is 4.91. The van der Waals surface area contributed by atoms with Crippen molar-refractivity contribution in [3.8, 4) is 0 Å². The number of likely N-dealkylation sites (tertiary alicyclic amines) is 1. The molecule has 7 heteroatoms. The van der Waals surface area contributed by atoms with Crippen LogP contribution in [0.5, 0.6) is 0 Å². The lowest BCUT2D eigenvalue weighted by atomic mass is 9.91. The maximum atomic E-state index is 12.3. The van der Waals surface area contributed by atoms with E-state index in [4.69, 9.17) is 16.4 Å². The minimum atomic E-state index is -0.766. The average molecular weight is 343 g/mol. The van der Waals surface area contributed by atoms with Crippen LogP contribution in [0.1, 0.15) is 25.7 Å². The van der Waals surface area contributed by atoms with Gasteiger partial charge in [-0.1, -0.05) is 12.1 Å². The first kappa shape index (κ1) is 17.2. The number of hydrogen-bond acceptors (Lipinski definition) is 4. The third-order valence-electron chi connectivity index (χ3n) is 4.89. The fraction of sp³-hybridized carbons (Fsp3) is 0.500.